The van der Waals surface area contributed by atoms with Gasteiger partial charge in [0.2, 0.25) is 17.7 Å². The smallest absolute Gasteiger partial charge is 0.247 e. The van der Waals surface area contributed by atoms with Crippen molar-refractivity contribution in [1.29, 1.82) is 0 Å². The fourth-order valence-electron chi connectivity index (χ4n) is 5.39. The third-order valence-electron chi connectivity index (χ3n) is 7.70. The minimum absolute atomic E-state index is 0.0866. The van der Waals surface area contributed by atoms with Crippen LogP contribution in [0.3, 0.4) is 0 Å². The molecule has 5 heterocycles. The Morgan fingerprint density at radius 1 is 1.07 bits per heavy atom. The second kappa shape index (κ2) is 10.4. The van der Waals surface area contributed by atoms with E-state index in [1.807, 2.05) is 23.2 Å². The van der Waals surface area contributed by atoms with Crippen molar-refractivity contribution in [3.63, 3.8) is 0 Å². The Morgan fingerprint density at radius 2 is 1.88 bits per heavy atom. The molecule has 13 nitrogen and oxygen atoms in total. The molecular weight excluding hydrogens is 526 g/mol. The number of anilines is 2. The predicted octanol–water partition coefficient (Wildman–Crippen LogP) is 2.64. The molecule has 41 heavy (non-hydrogen) atoms. The number of rotatable bonds is 9. The molecule has 0 radical (unpaired) electrons. The molecule has 1 aromatic carbocycles. The molecule has 2 aliphatic rings. The topological polar surface area (TPSA) is 142 Å². The SMILES string of the molecule is COCCOc1ccc(N2CCN(C(=O)[C@H](C3CC3)n3cc4c(nc(N)n5nc(-c6ccco6)nc45)n3)CC2)cc1. The number of carbonyl (C=O) groups excluding carboxylic acids is 1. The Balaban J connectivity index is 1.09. The van der Waals surface area contributed by atoms with Gasteiger partial charge in [-0.05, 0) is 55.2 Å². The van der Waals surface area contributed by atoms with Gasteiger partial charge in [-0.2, -0.15) is 14.6 Å². The number of ether oxygens (including phenoxy) is 2. The first kappa shape index (κ1) is 25.3. The van der Waals surface area contributed by atoms with Crippen LogP contribution in [0.1, 0.15) is 18.9 Å². The van der Waals surface area contributed by atoms with Gasteiger partial charge < -0.3 is 29.4 Å². The van der Waals surface area contributed by atoms with Gasteiger partial charge >= 0.3 is 0 Å². The normalized spacial score (nSPS) is 16.5. The van der Waals surface area contributed by atoms with E-state index in [4.69, 9.17) is 24.7 Å². The number of aromatic nitrogens is 6. The zero-order valence-corrected chi connectivity index (χ0v) is 22.7. The maximum absolute atomic E-state index is 13.9. The number of amides is 1. The van der Waals surface area contributed by atoms with Crippen molar-refractivity contribution in [3.8, 4) is 17.3 Å². The molecule has 4 aromatic heterocycles. The van der Waals surface area contributed by atoms with Crippen molar-refractivity contribution in [3.05, 3.63) is 48.9 Å². The highest BCUT2D eigenvalue weighted by atomic mass is 16.5. The van der Waals surface area contributed by atoms with E-state index < -0.39 is 6.04 Å². The van der Waals surface area contributed by atoms with Crippen LogP contribution in [0.25, 0.3) is 28.3 Å². The molecule has 2 fully saturated rings. The van der Waals surface area contributed by atoms with Crippen LogP contribution < -0.4 is 15.4 Å². The van der Waals surface area contributed by atoms with E-state index in [1.165, 1.54) is 4.52 Å². The number of hydrogen-bond acceptors (Lipinski definition) is 10. The molecule has 7 rings (SSSR count). The third-order valence-corrected chi connectivity index (χ3v) is 7.70. The lowest BCUT2D eigenvalue weighted by molar-refractivity contribution is -0.136. The molecule has 1 aliphatic heterocycles. The molecule has 5 aromatic rings. The molecule has 1 atom stereocenters. The summed E-state index contributed by atoms with van der Waals surface area (Å²) in [6, 6.07) is 11.2. The first-order valence-electron chi connectivity index (χ1n) is 13.8. The standard InChI is InChI=1S/C28H31N9O4/c1-39-15-16-40-20-8-6-19(7-9-20)34-10-12-35(13-11-34)27(38)23(18-4-5-18)36-17-21-24(32-36)31-28(29)37-26(21)30-25(33-37)22-3-2-14-41-22/h2-3,6-9,14,17-18,23H,4-5,10-13,15-16H2,1H3,(H2,29,31,32)/t23-/m0/s1. The molecule has 13 heteroatoms. The number of furan rings is 1. The molecule has 0 bridgehead atoms. The van der Waals surface area contributed by atoms with E-state index in [-0.39, 0.29) is 17.8 Å². The minimum atomic E-state index is -0.395. The summed E-state index contributed by atoms with van der Waals surface area (Å²) in [5, 5.41) is 9.86. The van der Waals surface area contributed by atoms with Crippen LogP contribution in [0.2, 0.25) is 0 Å². The summed E-state index contributed by atoms with van der Waals surface area (Å²) in [7, 11) is 1.66. The second-order valence-electron chi connectivity index (χ2n) is 10.4. The Morgan fingerprint density at radius 3 is 2.59 bits per heavy atom. The van der Waals surface area contributed by atoms with Crippen molar-refractivity contribution in [2.45, 2.75) is 18.9 Å². The largest absolute Gasteiger partial charge is 0.491 e. The summed E-state index contributed by atoms with van der Waals surface area (Å²) in [5.74, 6) is 2.25. The Labute approximate surface area is 235 Å². The van der Waals surface area contributed by atoms with Crippen molar-refractivity contribution in [2.75, 3.05) is 57.1 Å². The molecule has 0 unspecified atom stereocenters. The fourth-order valence-corrected chi connectivity index (χ4v) is 5.39. The van der Waals surface area contributed by atoms with E-state index in [0.717, 1.165) is 37.4 Å². The highest BCUT2D eigenvalue weighted by Crippen LogP contribution is 2.41. The molecule has 2 N–H and O–H groups in total. The molecule has 1 saturated carbocycles. The number of hydrogen-bond donors (Lipinski definition) is 1. The van der Waals surface area contributed by atoms with Crippen LogP contribution in [-0.4, -0.2) is 86.7 Å². The summed E-state index contributed by atoms with van der Waals surface area (Å²) in [5.41, 5.74) is 8.27. The summed E-state index contributed by atoms with van der Waals surface area (Å²) in [6.07, 6.45) is 5.40. The Kier molecular flexibility index (Phi) is 6.42. The maximum atomic E-state index is 13.9. The van der Waals surface area contributed by atoms with E-state index in [1.54, 1.807) is 30.2 Å². The molecular formula is C28H31N9O4. The number of nitrogens with zero attached hydrogens (tertiary/aromatic N) is 8. The zero-order valence-electron chi connectivity index (χ0n) is 22.7. The quantitative estimate of drug-likeness (QED) is 0.269. The summed E-state index contributed by atoms with van der Waals surface area (Å²) < 4.78 is 19.4. The molecule has 1 aliphatic carbocycles. The maximum Gasteiger partial charge on any atom is 0.247 e. The van der Waals surface area contributed by atoms with Crippen LogP contribution in [0.15, 0.2) is 53.3 Å². The summed E-state index contributed by atoms with van der Waals surface area (Å²) in [6.45, 7) is 3.85. The van der Waals surface area contributed by atoms with E-state index >= 15 is 0 Å². The Bertz CT molecular complexity index is 1670. The lowest BCUT2D eigenvalue weighted by Crippen LogP contribution is -2.51. The summed E-state index contributed by atoms with van der Waals surface area (Å²) in [4.78, 5) is 27.2. The zero-order chi connectivity index (χ0) is 27.9. The van der Waals surface area contributed by atoms with E-state index in [9.17, 15) is 4.79 Å². The fraction of sp³-hybridized carbons (Fsp3) is 0.393. The lowest BCUT2D eigenvalue weighted by Gasteiger charge is -2.37. The van der Waals surface area contributed by atoms with E-state index in [2.05, 4.69) is 32.1 Å². The molecule has 212 valence electrons. The van der Waals surface area contributed by atoms with Crippen LogP contribution in [0.5, 0.6) is 5.75 Å². The number of benzene rings is 1. The first-order valence-corrected chi connectivity index (χ1v) is 13.8. The second-order valence-corrected chi connectivity index (χ2v) is 10.4. The van der Waals surface area contributed by atoms with Crippen LogP contribution in [0.4, 0.5) is 11.6 Å². The van der Waals surface area contributed by atoms with Gasteiger partial charge in [0.25, 0.3) is 0 Å². The van der Waals surface area contributed by atoms with Gasteiger partial charge in [0.1, 0.15) is 18.4 Å². The molecule has 1 amide bonds. The number of piperazine rings is 1. The number of nitrogen functional groups attached to an aromatic ring is 1. The van der Waals surface area contributed by atoms with Gasteiger partial charge in [-0.3, -0.25) is 9.48 Å². The molecule has 0 spiro atoms. The first-order chi connectivity index (χ1) is 20.1. The number of carbonyl (C=O) groups is 1. The average molecular weight is 558 g/mol. The van der Waals surface area contributed by atoms with Gasteiger partial charge in [0, 0.05) is 45.2 Å². The minimum Gasteiger partial charge on any atom is -0.491 e. The third kappa shape index (κ3) is 4.82. The lowest BCUT2D eigenvalue weighted by atomic mass is 10.1. The van der Waals surface area contributed by atoms with Gasteiger partial charge in [-0.15, -0.1) is 5.10 Å². The van der Waals surface area contributed by atoms with Crippen LogP contribution in [-0.2, 0) is 9.53 Å². The van der Waals surface area contributed by atoms with Crippen molar-refractivity contribution >= 4 is 34.2 Å². The van der Waals surface area contributed by atoms with Gasteiger partial charge in [-0.1, -0.05) is 0 Å². The monoisotopic (exact) mass is 557 g/mol. The Hall–Kier alpha value is -4.65. The highest BCUT2D eigenvalue weighted by Gasteiger charge is 2.41. The number of methoxy groups -OCH3 is 1. The van der Waals surface area contributed by atoms with Gasteiger partial charge in [0.05, 0.1) is 18.3 Å². The number of fused-ring (bicyclic) bond motifs is 3. The predicted molar refractivity (Wildman–Crippen MR) is 151 cm³/mol. The summed E-state index contributed by atoms with van der Waals surface area (Å²) >= 11 is 0. The van der Waals surface area contributed by atoms with E-state index in [0.29, 0.717) is 54.6 Å². The van der Waals surface area contributed by atoms with Crippen molar-refractivity contribution < 1.29 is 18.7 Å². The van der Waals surface area contributed by atoms with Crippen molar-refractivity contribution in [2.24, 2.45) is 5.92 Å². The average Bonchev–Trinajstić information content (AvgIpc) is 3.35. The van der Waals surface area contributed by atoms with Crippen molar-refractivity contribution in [1.82, 2.24) is 34.3 Å². The van der Waals surface area contributed by atoms with Crippen LogP contribution >= 0.6 is 0 Å². The van der Waals surface area contributed by atoms with Gasteiger partial charge in [-0.25, -0.2) is 4.98 Å². The number of nitrogens with two attached hydrogens (primary N) is 1. The highest BCUT2D eigenvalue weighted by molar-refractivity contribution is 5.91. The van der Waals surface area contributed by atoms with Gasteiger partial charge in [0.15, 0.2) is 17.1 Å². The molecule has 1 saturated heterocycles. The van der Waals surface area contributed by atoms with Crippen LogP contribution in [0, 0.1) is 5.92 Å².